The summed E-state index contributed by atoms with van der Waals surface area (Å²) < 4.78 is 28.9. The van der Waals surface area contributed by atoms with Gasteiger partial charge in [0.2, 0.25) is 0 Å². The van der Waals surface area contributed by atoms with E-state index in [1.54, 1.807) is 0 Å². The maximum atomic E-state index is 13.8. The maximum absolute atomic E-state index is 13.8. The molecule has 0 saturated carbocycles. The molecule has 2 aromatic rings. The Hall–Kier alpha value is -1.82. The zero-order valence-electron chi connectivity index (χ0n) is 12.1. The molecule has 1 atom stereocenters. The number of hydrogen-bond acceptors (Lipinski definition) is 3. The number of aromatic nitrogens is 3. The number of benzene rings is 1. The van der Waals surface area contributed by atoms with Crippen LogP contribution in [-0.2, 0) is 13.6 Å². The molecule has 1 aromatic carbocycles. The highest BCUT2D eigenvalue weighted by Gasteiger charge is 2.18. The minimum absolute atomic E-state index is 0.261. The Morgan fingerprint density at radius 1 is 1.30 bits per heavy atom. The van der Waals surface area contributed by atoms with E-state index in [0.717, 1.165) is 23.8 Å². The van der Waals surface area contributed by atoms with Crippen LogP contribution in [0.15, 0.2) is 18.2 Å². The molecule has 2 rings (SSSR count). The summed E-state index contributed by atoms with van der Waals surface area (Å²) in [6.07, 6.45) is 0. The maximum Gasteiger partial charge on any atom is 0.146 e. The molecule has 1 aromatic heterocycles. The Bertz CT molecular complexity index is 609. The van der Waals surface area contributed by atoms with Crippen LogP contribution in [-0.4, -0.2) is 26.7 Å². The largest absolute Gasteiger partial charge is 0.317 e. The molecule has 0 fully saturated rings. The number of hydrogen-bond donors (Lipinski definition) is 0. The lowest BCUT2D eigenvalue weighted by molar-refractivity contribution is 0.238. The van der Waals surface area contributed by atoms with Crippen molar-refractivity contribution in [2.24, 2.45) is 7.05 Å². The Labute approximate surface area is 117 Å². The van der Waals surface area contributed by atoms with Gasteiger partial charge in [-0.25, -0.2) is 8.78 Å². The molecule has 20 heavy (non-hydrogen) atoms. The molecule has 0 N–H and O–H groups in total. The molecule has 0 saturated heterocycles. The van der Waals surface area contributed by atoms with Gasteiger partial charge in [-0.3, -0.25) is 4.90 Å². The number of rotatable bonds is 4. The fourth-order valence-corrected chi connectivity index (χ4v) is 2.02. The second-order valence-electron chi connectivity index (χ2n) is 4.98. The van der Waals surface area contributed by atoms with Crippen LogP contribution in [0.1, 0.15) is 30.2 Å². The summed E-state index contributed by atoms with van der Waals surface area (Å²) in [4.78, 5) is 1.90. The van der Waals surface area contributed by atoms with Crippen LogP contribution in [0.3, 0.4) is 0 Å². The van der Waals surface area contributed by atoms with E-state index in [4.69, 9.17) is 0 Å². The highest BCUT2D eigenvalue weighted by atomic mass is 19.1. The molecule has 6 heteroatoms. The minimum Gasteiger partial charge on any atom is -0.317 e. The zero-order valence-corrected chi connectivity index (χ0v) is 12.1. The van der Waals surface area contributed by atoms with Crippen LogP contribution in [0.2, 0.25) is 0 Å². The second kappa shape index (κ2) is 5.66. The first-order valence-electron chi connectivity index (χ1n) is 6.40. The van der Waals surface area contributed by atoms with E-state index in [0.29, 0.717) is 12.1 Å². The Morgan fingerprint density at radius 3 is 2.60 bits per heavy atom. The Balaban J connectivity index is 2.18. The number of nitrogens with zero attached hydrogens (tertiary/aromatic N) is 4. The van der Waals surface area contributed by atoms with Gasteiger partial charge in [0.15, 0.2) is 0 Å². The molecule has 1 heterocycles. The van der Waals surface area contributed by atoms with Gasteiger partial charge in [0.25, 0.3) is 0 Å². The average molecular weight is 280 g/mol. The van der Waals surface area contributed by atoms with Crippen LogP contribution in [0.4, 0.5) is 8.78 Å². The number of aryl methyl sites for hydroxylation is 1. The molecule has 0 aliphatic rings. The predicted molar refractivity (Wildman–Crippen MR) is 72.0 cm³/mol. The fraction of sp³-hybridized carbons (Fsp3) is 0.429. The minimum atomic E-state index is -0.434. The predicted octanol–water partition coefficient (Wildman–Crippen LogP) is 2.59. The molecule has 0 radical (unpaired) electrons. The summed E-state index contributed by atoms with van der Waals surface area (Å²) in [5.41, 5.74) is 0.339. The van der Waals surface area contributed by atoms with E-state index in [1.807, 2.05) is 37.4 Å². The first kappa shape index (κ1) is 14.6. The highest BCUT2D eigenvalue weighted by molar-refractivity contribution is 5.22. The molecule has 108 valence electrons. The van der Waals surface area contributed by atoms with E-state index >= 15 is 0 Å². The first-order valence-corrected chi connectivity index (χ1v) is 6.40. The van der Waals surface area contributed by atoms with E-state index in [-0.39, 0.29) is 6.04 Å². The van der Waals surface area contributed by atoms with Gasteiger partial charge < -0.3 is 4.57 Å². The molecule has 4 nitrogen and oxygen atoms in total. The van der Waals surface area contributed by atoms with Gasteiger partial charge in [-0.1, -0.05) is 0 Å². The van der Waals surface area contributed by atoms with Gasteiger partial charge >= 0.3 is 0 Å². The smallest absolute Gasteiger partial charge is 0.146 e. The molecular formula is C14H18F2N4. The molecule has 1 unspecified atom stereocenters. The lowest BCUT2D eigenvalue weighted by Gasteiger charge is -2.24. The highest BCUT2D eigenvalue weighted by Crippen LogP contribution is 2.23. The molecule has 0 bridgehead atoms. The van der Waals surface area contributed by atoms with Gasteiger partial charge in [0.1, 0.15) is 23.3 Å². The van der Waals surface area contributed by atoms with Crippen LogP contribution in [0.5, 0.6) is 0 Å². The van der Waals surface area contributed by atoms with Gasteiger partial charge in [-0.05, 0) is 39.1 Å². The van der Waals surface area contributed by atoms with Crippen molar-refractivity contribution in [3.05, 3.63) is 47.0 Å². The third-order valence-corrected chi connectivity index (χ3v) is 3.64. The van der Waals surface area contributed by atoms with Gasteiger partial charge in [-0.2, -0.15) is 0 Å². The molecule has 0 aliphatic carbocycles. The van der Waals surface area contributed by atoms with Crippen molar-refractivity contribution in [1.82, 2.24) is 19.7 Å². The topological polar surface area (TPSA) is 34.0 Å². The summed E-state index contributed by atoms with van der Waals surface area (Å²) in [6.45, 7) is 4.21. The fourth-order valence-electron chi connectivity index (χ4n) is 2.02. The van der Waals surface area contributed by atoms with Crippen molar-refractivity contribution < 1.29 is 8.78 Å². The van der Waals surface area contributed by atoms with E-state index in [1.165, 1.54) is 6.07 Å². The van der Waals surface area contributed by atoms with E-state index in [9.17, 15) is 8.78 Å². The van der Waals surface area contributed by atoms with Crippen LogP contribution < -0.4 is 0 Å². The zero-order chi connectivity index (χ0) is 14.9. The SMILES string of the molecule is Cc1nnc(CN(C)C(C)c2cc(F)ccc2F)n1C. The third kappa shape index (κ3) is 2.85. The normalized spacial score (nSPS) is 12.9. The summed E-state index contributed by atoms with van der Waals surface area (Å²) >= 11 is 0. The van der Waals surface area contributed by atoms with Crippen LogP contribution in [0, 0.1) is 18.6 Å². The summed E-state index contributed by atoms with van der Waals surface area (Å²) in [7, 11) is 3.73. The van der Waals surface area contributed by atoms with Gasteiger partial charge in [-0.15, -0.1) is 10.2 Å². The van der Waals surface area contributed by atoms with Crippen LogP contribution >= 0.6 is 0 Å². The van der Waals surface area contributed by atoms with Crippen molar-refractivity contribution in [2.45, 2.75) is 26.4 Å². The lowest BCUT2D eigenvalue weighted by Crippen LogP contribution is -2.24. The molecular weight excluding hydrogens is 262 g/mol. The van der Waals surface area contributed by atoms with Crippen molar-refractivity contribution in [1.29, 1.82) is 0 Å². The van der Waals surface area contributed by atoms with Crippen molar-refractivity contribution in [3.8, 4) is 0 Å². The molecule has 0 amide bonds. The molecule has 0 aliphatic heterocycles. The van der Waals surface area contributed by atoms with Gasteiger partial charge in [0.05, 0.1) is 6.54 Å². The Morgan fingerprint density at radius 2 is 2.00 bits per heavy atom. The second-order valence-corrected chi connectivity index (χ2v) is 4.98. The number of halogens is 2. The van der Waals surface area contributed by atoms with E-state index in [2.05, 4.69) is 10.2 Å². The summed E-state index contributed by atoms with van der Waals surface area (Å²) in [6, 6.07) is 3.25. The van der Waals surface area contributed by atoms with Crippen LogP contribution in [0.25, 0.3) is 0 Å². The van der Waals surface area contributed by atoms with Crippen molar-refractivity contribution >= 4 is 0 Å². The summed E-state index contributed by atoms with van der Waals surface area (Å²) in [5, 5.41) is 8.06. The van der Waals surface area contributed by atoms with Crippen molar-refractivity contribution in [3.63, 3.8) is 0 Å². The Kier molecular flexibility index (Phi) is 4.13. The third-order valence-electron chi connectivity index (χ3n) is 3.64. The monoisotopic (exact) mass is 280 g/mol. The van der Waals surface area contributed by atoms with Gasteiger partial charge in [0, 0.05) is 18.7 Å². The van der Waals surface area contributed by atoms with E-state index < -0.39 is 11.6 Å². The van der Waals surface area contributed by atoms with Crippen molar-refractivity contribution in [2.75, 3.05) is 7.05 Å². The quantitative estimate of drug-likeness (QED) is 0.863. The standard InChI is InChI=1S/C14H18F2N4/c1-9(12-7-11(15)5-6-13(12)16)19(3)8-14-18-17-10(2)20(14)4/h5-7,9H,8H2,1-4H3. The summed E-state index contributed by atoms with van der Waals surface area (Å²) in [5.74, 6) is 0.766. The first-order chi connectivity index (χ1) is 9.40. The lowest BCUT2D eigenvalue weighted by atomic mass is 10.1. The molecule has 0 spiro atoms. The average Bonchev–Trinajstić information content (AvgIpc) is 2.72.